The molecule has 2 unspecified atom stereocenters. The molecule has 0 bridgehead atoms. The summed E-state index contributed by atoms with van der Waals surface area (Å²) >= 11 is 0. The first-order valence-electron chi connectivity index (χ1n) is 7.61. The molecule has 1 aliphatic rings. The zero-order chi connectivity index (χ0) is 15.2. The number of hydrogen-bond acceptors (Lipinski definition) is 2. The van der Waals surface area contributed by atoms with Crippen LogP contribution in [0, 0.1) is 17.5 Å². The van der Waals surface area contributed by atoms with Crippen molar-refractivity contribution in [2.24, 2.45) is 0 Å². The predicted octanol–water partition coefficient (Wildman–Crippen LogP) is 4.10. The van der Waals surface area contributed by atoms with Gasteiger partial charge in [0.25, 0.3) is 0 Å². The second-order valence-electron chi connectivity index (χ2n) is 5.48. The van der Waals surface area contributed by atoms with Gasteiger partial charge in [-0.1, -0.05) is 13.0 Å². The summed E-state index contributed by atoms with van der Waals surface area (Å²) in [6.45, 7) is 3.48. The van der Waals surface area contributed by atoms with E-state index in [0.717, 1.165) is 38.4 Å². The third-order valence-electron chi connectivity index (χ3n) is 3.88. The molecular formula is C16H22F3NO. The lowest BCUT2D eigenvalue weighted by Crippen LogP contribution is -2.25. The molecule has 1 heterocycles. The molecule has 1 aromatic rings. The molecule has 1 N–H and O–H groups in total. The number of ether oxygens (including phenoxy) is 1. The highest BCUT2D eigenvalue weighted by Crippen LogP contribution is 2.27. The zero-order valence-corrected chi connectivity index (χ0v) is 12.3. The highest BCUT2D eigenvalue weighted by Gasteiger charge is 2.23. The molecule has 0 saturated carbocycles. The van der Waals surface area contributed by atoms with Crippen LogP contribution in [0.1, 0.15) is 50.6 Å². The largest absolute Gasteiger partial charge is 0.378 e. The van der Waals surface area contributed by atoms with E-state index in [2.05, 4.69) is 5.32 Å². The van der Waals surface area contributed by atoms with Crippen molar-refractivity contribution in [3.8, 4) is 0 Å². The summed E-state index contributed by atoms with van der Waals surface area (Å²) in [6.07, 6.45) is 4.59. The lowest BCUT2D eigenvalue weighted by molar-refractivity contribution is 0.0994. The van der Waals surface area contributed by atoms with Gasteiger partial charge in [0.2, 0.25) is 0 Å². The van der Waals surface area contributed by atoms with E-state index < -0.39 is 17.5 Å². The standard InChI is InChI=1S/C16H22F3NO/c1-2-9-20-14(8-5-11-4-3-10-21-11)12-6-7-13(17)16(19)15(12)18/h6-7,11,14,20H,2-5,8-10H2,1H3. The van der Waals surface area contributed by atoms with Gasteiger partial charge in [0.05, 0.1) is 6.10 Å². The molecule has 118 valence electrons. The molecule has 0 spiro atoms. The van der Waals surface area contributed by atoms with E-state index >= 15 is 0 Å². The summed E-state index contributed by atoms with van der Waals surface area (Å²) in [5, 5.41) is 3.21. The maximum Gasteiger partial charge on any atom is 0.194 e. The summed E-state index contributed by atoms with van der Waals surface area (Å²) in [5.41, 5.74) is 0.195. The fourth-order valence-corrected chi connectivity index (χ4v) is 2.72. The van der Waals surface area contributed by atoms with Gasteiger partial charge < -0.3 is 10.1 Å². The van der Waals surface area contributed by atoms with Crippen LogP contribution in [-0.2, 0) is 4.74 Å². The van der Waals surface area contributed by atoms with Crippen LogP contribution >= 0.6 is 0 Å². The van der Waals surface area contributed by atoms with E-state index in [4.69, 9.17) is 4.74 Å². The van der Waals surface area contributed by atoms with Crippen LogP contribution in [0.2, 0.25) is 0 Å². The van der Waals surface area contributed by atoms with Crippen molar-refractivity contribution in [3.63, 3.8) is 0 Å². The second kappa shape index (κ2) is 7.80. The Morgan fingerprint density at radius 2 is 2.10 bits per heavy atom. The number of nitrogens with one attached hydrogen (secondary N) is 1. The molecule has 1 fully saturated rings. The Morgan fingerprint density at radius 1 is 1.29 bits per heavy atom. The van der Waals surface area contributed by atoms with Crippen LogP contribution in [-0.4, -0.2) is 19.3 Å². The monoisotopic (exact) mass is 301 g/mol. The minimum absolute atomic E-state index is 0.195. The van der Waals surface area contributed by atoms with Gasteiger partial charge in [-0.2, -0.15) is 0 Å². The van der Waals surface area contributed by atoms with E-state index in [1.165, 1.54) is 6.07 Å². The van der Waals surface area contributed by atoms with Gasteiger partial charge in [-0.05, 0) is 44.7 Å². The van der Waals surface area contributed by atoms with Crippen molar-refractivity contribution in [3.05, 3.63) is 35.1 Å². The van der Waals surface area contributed by atoms with Gasteiger partial charge in [-0.3, -0.25) is 0 Å². The Hall–Kier alpha value is -1.07. The van der Waals surface area contributed by atoms with E-state index in [0.29, 0.717) is 13.0 Å². The summed E-state index contributed by atoms with van der Waals surface area (Å²) in [4.78, 5) is 0. The van der Waals surface area contributed by atoms with Crippen molar-refractivity contribution in [2.75, 3.05) is 13.2 Å². The Labute approximate surface area is 123 Å². The summed E-state index contributed by atoms with van der Waals surface area (Å²) < 4.78 is 46.0. The number of hydrogen-bond donors (Lipinski definition) is 1. The lowest BCUT2D eigenvalue weighted by atomic mass is 9.98. The van der Waals surface area contributed by atoms with E-state index in [-0.39, 0.29) is 17.7 Å². The Morgan fingerprint density at radius 3 is 2.76 bits per heavy atom. The highest BCUT2D eigenvalue weighted by molar-refractivity contribution is 5.23. The van der Waals surface area contributed by atoms with Crippen LogP contribution in [0.5, 0.6) is 0 Å². The van der Waals surface area contributed by atoms with E-state index in [1.807, 2.05) is 6.92 Å². The lowest BCUT2D eigenvalue weighted by Gasteiger charge is -2.21. The van der Waals surface area contributed by atoms with Crippen LogP contribution < -0.4 is 5.32 Å². The van der Waals surface area contributed by atoms with Gasteiger partial charge in [-0.15, -0.1) is 0 Å². The first kappa shape index (κ1) is 16.3. The van der Waals surface area contributed by atoms with Crippen LogP contribution in [0.3, 0.4) is 0 Å². The summed E-state index contributed by atoms with van der Waals surface area (Å²) in [7, 11) is 0. The zero-order valence-electron chi connectivity index (χ0n) is 12.3. The summed E-state index contributed by atoms with van der Waals surface area (Å²) in [6, 6.07) is 2.00. The molecule has 2 atom stereocenters. The quantitative estimate of drug-likeness (QED) is 0.765. The molecular weight excluding hydrogens is 279 g/mol. The molecule has 1 aromatic carbocycles. The molecule has 2 nitrogen and oxygen atoms in total. The van der Waals surface area contributed by atoms with Crippen molar-refractivity contribution >= 4 is 0 Å². The molecule has 0 amide bonds. The SMILES string of the molecule is CCCNC(CCC1CCCO1)c1ccc(F)c(F)c1F. The fraction of sp³-hybridized carbons (Fsp3) is 0.625. The molecule has 2 rings (SSSR count). The van der Waals surface area contributed by atoms with Crippen molar-refractivity contribution in [1.82, 2.24) is 5.32 Å². The van der Waals surface area contributed by atoms with Gasteiger partial charge in [-0.25, -0.2) is 13.2 Å². The molecule has 0 aromatic heterocycles. The smallest absolute Gasteiger partial charge is 0.194 e. The van der Waals surface area contributed by atoms with Crippen molar-refractivity contribution in [2.45, 2.75) is 51.2 Å². The van der Waals surface area contributed by atoms with Crippen LogP contribution in [0.4, 0.5) is 13.2 Å². The van der Waals surface area contributed by atoms with Gasteiger partial charge >= 0.3 is 0 Å². The topological polar surface area (TPSA) is 21.3 Å². The highest BCUT2D eigenvalue weighted by atomic mass is 19.2. The molecule has 0 radical (unpaired) electrons. The second-order valence-corrected chi connectivity index (χ2v) is 5.48. The van der Waals surface area contributed by atoms with Crippen LogP contribution in [0.25, 0.3) is 0 Å². The number of benzene rings is 1. The van der Waals surface area contributed by atoms with Crippen molar-refractivity contribution in [1.29, 1.82) is 0 Å². The molecule has 1 aliphatic heterocycles. The molecule has 0 aliphatic carbocycles. The van der Waals surface area contributed by atoms with E-state index in [9.17, 15) is 13.2 Å². The average molecular weight is 301 g/mol. The third-order valence-corrected chi connectivity index (χ3v) is 3.88. The van der Waals surface area contributed by atoms with Gasteiger partial charge in [0.15, 0.2) is 17.5 Å². The Kier molecular flexibility index (Phi) is 6.06. The van der Waals surface area contributed by atoms with E-state index in [1.54, 1.807) is 0 Å². The number of rotatable bonds is 7. The Bertz CT molecular complexity index is 461. The molecule has 5 heteroatoms. The molecule has 21 heavy (non-hydrogen) atoms. The van der Waals surface area contributed by atoms with Gasteiger partial charge in [0.1, 0.15) is 0 Å². The predicted molar refractivity (Wildman–Crippen MR) is 75.6 cm³/mol. The molecule has 1 saturated heterocycles. The normalized spacial score (nSPS) is 19.9. The fourth-order valence-electron chi connectivity index (χ4n) is 2.72. The third kappa shape index (κ3) is 4.20. The summed E-state index contributed by atoms with van der Waals surface area (Å²) in [5.74, 6) is -3.63. The minimum atomic E-state index is -1.40. The Balaban J connectivity index is 2.08. The number of halogens is 3. The minimum Gasteiger partial charge on any atom is -0.378 e. The maximum absolute atomic E-state index is 14.0. The first-order valence-corrected chi connectivity index (χ1v) is 7.61. The van der Waals surface area contributed by atoms with Gasteiger partial charge in [0, 0.05) is 18.2 Å². The van der Waals surface area contributed by atoms with Crippen molar-refractivity contribution < 1.29 is 17.9 Å². The van der Waals surface area contributed by atoms with Crippen LogP contribution in [0.15, 0.2) is 12.1 Å². The maximum atomic E-state index is 14.0. The average Bonchev–Trinajstić information content (AvgIpc) is 2.99. The first-order chi connectivity index (χ1) is 10.1.